The van der Waals surface area contributed by atoms with Gasteiger partial charge in [0.05, 0.1) is 17.0 Å². The predicted molar refractivity (Wildman–Crippen MR) is 87.4 cm³/mol. The topological polar surface area (TPSA) is 94.4 Å². The third-order valence-corrected chi connectivity index (χ3v) is 3.37. The van der Waals surface area contributed by atoms with Crippen LogP contribution in [0, 0.1) is 10.1 Å². The van der Waals surface area contributed by atoms with Gasteiger partial charge in [-0.1, -0.05) is 18.2 Å². The number of anilines is 1. The lowest BCUT2D eigenvalue weighted by molar-refractivity contribution is -0.384. The van der Waals surface area contributed by atoms with Crippen molar-refractivity contribution < 1.29 is 14.5 Å². The van der Waals surface area contributed by atoms with Crippen LogP contribution in [-0.2, 0) is 9.53 Å². The molecule has 0 bridgehead atoms. The van der Waals surface area contributed by atoms with E-state index in [1.807, 2.05) is 18.2 Å². The molecule has 0 radical (unpaired) electrons. The number of hydrogen-bond donors (Lipinski definition) is 1. The number of hydrogen-bond acceptors (Lipinski definition) is 6. The van der Waals surface area contributed by atoms with Gasteiger partial charge in [0.25, 0.3) is 0 Å². The van der Waals surface area contributed by atoms with Gasteiger partial charge in [-0.05, 0) is 25.8 Å². The van der Waals surface area contributed by atoms with Crippen LogP contribution in [0.25, 0.3) is 10.9 Å². The first-order valence-corrected chi connectivity index (χ1v) is 7.55. The summed E-state index contributed by atoms with van der Waals surface area (Å²) in [6, 6.07) is 7.27. The van der Waals surface area contributed by atoms with Gasteiger partial charge in [0.2, 0.25) is 0 Å². The first-order chi connectivity index (χ1) is 11.1. The normalized spacial score (nSPS) is 10.5. The van der Waals surface area contributed by atoms with Crippen LogP contribution < -0.4 is 5.32 Å². The number of carbonyl (C=O) groups excluding carboxylic acids is 1. The number of aromatic nitrogens is 1. The van der Waals surface area contributed by atoms with E-state index in [9.17, 15) is 14.9 Å². The molecular weight excluding hydrogens is 298 g/mol. The first-order valence-electron chi connectivity index (χ1n) is 7.55. The molecule has 7 heteroatoms. The van der Waals surface area contributed by atoms with Crippen LogP contribution in [0.2, 0.25) is 0 Å². The summed E-state index contributed by atoms with van der Waals surface area (Å²) in [6.07, 6.45) is 3.01. The molecule has 0 aliphatic rings. The molecule has 1 aromatic carbocycles. The van der Waals surface area contributed by atoms with Gasteiger partial charge in [-0.15, -0.1) is 0 Å². The highest BCUT2D eigenvalue weighted by Crippen LogP contribution is 2.31. The molecule has 0 aliphatic carbocycles. The van der Waals surface area contributed by atoms with Gasteiger partial charge in [-0.2, -0.15) is 0 Å². The number of rotatable bonds is 8. The first kappa shape index (κ1) is 16.7. The molecule has 1 aromatic heterocycles. The lowest BCUT2D eigenvalue weighted by atomic mass is 10.1. The van der Waals surface area contributed by atoms with E-state index >= 15 is 0 Å². The minimum Gasteiger partial charge on any atom is -0.466 e. The molecule has 0 fully saturated rings. The molecule has 0 atom stereocenters. The number of nitro groups is 1. The molecule has 0 saturated heterocycles. The number of nitrogens with zero attached hydrogens (tertiary/aromatic N) is 2. The minimum atomic E-state index is -0.444. The summed E-state index contributed by atoms with van der Waals surface area (Å²) in [4.78, 5) is 26.1. The molecule has 2 rings (SSSR count). The van der Waals surface area contributed by atoms with Crippen molar-refractivity contribution in [2.24, 2.45) is 0 Å². The maximum Gasteiger partial charge on any atom is 0.311 e. The number of nitrogens with one attached hydrogen (secondary N) is 1. The lowest BCUT2D eigenvalue weighted by Crippen LogP contribution is -2.08. The average molecular weight is 317 g/mol. The van der Waals surface area contributed by atoms with Gasteiger partial charge in [0, 0.05) is 18.4 Å². The van der Waals surface area contributed by atoms with Crippen LogP contribution >= 0.6 is 0 Å². The highest BCUT2D eigenvalue weighted by atomic mass is 16.6. The monoisotopic (exact) mass is 317 g/mol. The molecule has 0 unspecified atom stereocenters. The smallest absolute Gasteiger partial charge is 0.311 e. The third kappa shape index (κ3) is 4.38. The second-order valence-electron chi connectivity index (χ2n) is 4.98. The number of fused-ring (bicyclic) bond motifs is 1. The maximum absolute atomic E-state index is 11.3. The van der Waals surface area contributed by atoms with Crippen molar-refractivity contribution in [3.63, 3.8) is 0 Å². The third-order valence-electron chi connectivity index (χ3n) is 3.37. The minimum absolute atomic E-state index is 0.0471. The van der Waals surface area contributed by atoms with Gasteiger partial charge in [0.15, 0.2) is 0 Å². The fraction of sp³-hybridized carbons (Fsp3) is 0.375. The van der Waals surface area contributed by atoms with Crippen LogP contribution in [0.5, 0.6) is 0 Å². The predicted octanol–water partition coefficient (Wildman–Crippen LogP) is 3.29. The van der Waals surface area contributed by atoms with E-state index in [0.717, 1.165) is 0 Å². The van der Waals surface area contributed by atoms with E-state index in [1.165, 1.54) is 6.20 Å². The zero-order valence-corrected chi connectivity index (χ0v) is 12.9. The van der Waals surface area contributed by atoms with Gasteiger partial charge in [0.1, 0.15) is 11.9 Å². The molecule has 2 aromatic rings. The molecular formula is C16H19N3O4. The molecule has 122 valence electrons. The summed E-state index contributed by atoms with van der Waals surface area (Å²) in [6.45, 7) is 2.69. The summed E-state index contributed by atoms with van der Waals surface area (Å²) in [7, 11) is 0. The fourth-order valence-electron chi connectivity index (χ4n) is 2.30. The van der Waals surface area contributed by atoms with Crippen molar-refractivity contribution in [3.8, 4) is 0 Å². The summed E-state index contributed by atoms with van der Waals surface area (Å²) < 4.78 is 4.86. The second-order valence-corrected chi connectivity index (χ2v) is 4.98. The van der Waals surface area contributed by atoms with Crippen LogP contribution in [-0.4, -0.2) is 29.0 Å². The Balaban J connectivity index is 2.02. The van der Waals surface area contributed by atoms with E-state index in [1.54, 1.807) is 13.0 Å². The average Bonchev–Trinajstić information content (AvgIpc) is 2.54. The van der Waals surface area contributed by atoms with Gasteiger partial charge >= 0.3 is 11.7 Å². The van der Waals surface area contributed by atoms with E-state index < -0.39 is 4.92 Å². The standard InChI is InChI=1S/C16H19N3O4/c1-2-23-15(20)9-5-6-10-17-16-12-7-3-4-8-13(12)18-11-14(16)19(21)22/h3-4,7-8,11H,2,5-6,9-10H2,1H3,(H,17,18). The molecule has 1 N–H and O–H groups in total. The molecule has 0 amide bonds. The van der Waals surface area contributed by atoms with Crippen molar-refractivity contribution in [2.45, 2.75) is 26.2 Å². The van der Waals surface area contributed by atoms with Gasteiger partial charge in [-0.25, -0.2) is 4.98 Å². The number of unbranched alkanes of at least 4 members (excludes halogenated alkanes) is 1. The highest BCUT2D eigenvalue weighted by Gasteiger charge is 2.17. The molecule has 1 heterocycles. The Morgan fingerprint density at radius 2 is 2.13 bits per heavy atom. The molecule has 23 heavy (non-hydrogen) atoms. The van der Waals surface area contributed by atoms with E-state index in [0.29, 0.717) is 49.0 Å². The largest absolute Gasteiger partial charge is 0.466 e. The van der Waals surface area contributed by atoms with Gasteiger partial charge in [-0.3, -0.25) is 14.9 Å². The van der Waals surface area contributed by atoms with E-state index in [-0.39, 0.29) is 11.7 Å². The van der Waals surface area contributed by atoms with Crippen molar-refractivity contribution in [1.82, 2.24) is 4.98 Å². The van der Waals surface area contributed by atoms with Crippen molar-refractivity contribution >= 4 is 28.2 Å². The van der Waals surface area contributed by atoms with Crippen LogP contribution in [0.4, 0.5) is 11.4 Å². The molecule has 0 spiro atoms. The quantitative estimate of drug-likeness (QED) is 0.347. The Hall–Kier alpha value is -2.70. The van der Waals surface area contributed by atoms with Crippen molar-refractivity contribution in [1.29, 1.82) is 0 Å². The van der Waals surface area contributed by atoms with Crippen LogP contribution in [0.3, 0.4) is 0 Å². The molecule has 0 saturated carbocycles. The van der Waals surface area contributed by atoms with Crippen molar-refractivity contribution in [2.75, 3.05) is 18.5 Å². The number of benzene rings is 1. The van der Waals surface area contributed by atoms with E-state index in [4.69, 9.17) is 4.74 Å². The lowest BCUT2D eigenvalue weighted by Gasteiger charge is -2.10. The summed E-state index contributed by atoms with van der Waals surface area (Å²) in [5.41, 5.74) is 1.12. The second kappa shape index (κ2) is 8.07. The highest BCUT2D eigenvalue weighted by molar-refractivity contribution is 5.95. The molecule has 0 aliphatic heterocycles. The van der Waals surface area contributed by atoms with Crippen molar-refractivity contribution in [3.05, 3.63) is 40.6 Å². The molecule has 7 nitrogen and oxygen atoms in total. The summed E-state index contributed by atoms with van der Waals surface area (Å²) in [5.74, 6) is -0.215. The number of para-hydroxylation sites is 1. The summed E-state index contributed by atoms with van der Waals surface area (Å²) >= 11 is 0. The Kier molecular flexibility index (Phi) is 5.85. The number of esters is 1. The van der Waals surface area contributed by atoms with E-state index in [2.05, 4.69) is 10.3 Å². The summed E-state index contributed by atoms with van der Waals surface area (Å²) in [5, 5.41) is 15.0. The van der Waals surface area contributed by atoms with Crippen LogP contribution in [0.1, 0.15) is 26.2 Å². The number of carbonyl (C=O) groups is 1. The Labute approximate surface area is 133 Å². The number of pyridine rings is 1. The van der Waals surface area contributed by atoms with Crippen LogP contribution in [0.15, 0.2) is 30.5 Å². The zero-order chi connectivity index (χ0) is 16.7. The maximum atomic E-state index is 11.3. The zero-order valence-electron chi connectivity index (χ0n) is 12.9. The fourth-order valence-corrected chi connectivity index (χ4v) is 2.30. The Morgan fingerprint density at radius 3 is 2.87 bits per heavy atom. The van der Waals surface area contributed by atoms with Gasteiger partial charge < -0.3 is 10.1 Å². The Morgan fingerprint density at radius 1 is 1.35 bits per heavy atom. The Bertz CT molecular complexity index is 703. The SMILES string of the molecule is CCOC(=O)CCCCNc1c([N+](=O)[O-])cnc2ccccc12. The number of ether oxygens (including phenoxy) is 1.